The van der Waals surface area contributed by atoms with Gasteiger partial charge in [0.05, 0.1) is 4.92 Å². The largest absolute Gasteiger partial charge is 0.350 e. The van der Waals surface area contributed by atoms with Crippen LogP contribution in [-0.2, 0) is 0 Å². The Kier molecular flexibility index (Phi) is 6.15. The van der Waals surface area contributed by atoms with Crippen molar-refractivity contribution in [1.82, 2.24) is 5.32 Å². The van der Waals surface area contributed by atoms with Crippen molar-refractivity contribution < 1.29 is 9.72 Å². The summed E-state index contributed by atoms with van der Waals surface area (Å²) in [5.74, 6) is -0.253. The van der Waals surface area contributed by atoms with Gasteiger partial charge in [-0.2, -0.15) is 0 Å². The molecule has 5 nitrogen and oxygen atoms in total. The summed E-state index contributed by atoms with van der Waals surface area (Å²) in [6, 6.07) is 4.64. The fourth-order valence-corrected chi connectivity index (χ4v) is 2.03. The molecule has 0 aromatic heterocycles. The van der Waals surface area contributed by atoms with Crippen molar-refractivity contribution in [2.45, 2.75) is 52.5 Å². The molecule has 0 saturated carbocycles. The molecular formula is C15H22N2O3. The number of rotatable bonds is 7. The Morgan fingerprint density at radius 1 is 1.40 bits per heavy atom. The summed E-state index contributed by atoms with van der Waals surface area (Å²) in [6.45, 7) is 5.75. The topological polar surface area (TPSA) is 72.2 Å². The third-order valence-corrected chi connectivity index (χ3v) is 3.29. The second kappa shape index (κ2) is 7.62. The lowest BCUT2D eigenvalue weighted by Gasteiger charge is -2.13. The van der Waals surface area contributed by atoms with Gasteiger partial charge in [0.2, 0.25) is 0 Å². The number of amides is 1. The van der Waals surface area contributed by atoms with Crippen LogP contribution in [0.1, 0.15) is 55.5 Å². The van der Waals surface area contributed by atoms with Crippen molar-refractivity contribution in [3.8, 4) is 0 Å². The molecule has 0 fully saturated rings. The first kappa shape index (κ1) is 16.1. The highest BCUT2D eigenvalue weighted by molar-refractivity contribution is 5.95. The predicted octanol–water partition coefficient (Wildman–Crippen LogP) is 3.60. The lowest BCUT2D eigenvalue weighted by Crippen LogP contribution is -2.32. The highest BCUT2D eigenvalue weighted by Gasteiger charge is 2.16. The van der Waals surface area contributed by atoms with Crippen LogP contribution in [0.4, 0.5) is 5.69 Å². The zero-order chi connectivity index (χ0) is 15.1. The maximum atomic E-state index is 12.0. The molecule has 0 aliphatic rings. The van der Waals surface area contributed by atoms with E-state index >= 15 is 0 Å². The van der Waals surface area contributed by atoms with E-state index in [0.717, 1.165) is 25.7 Å². The summed E-state index contributed by atoms with van der Waals surface area (Å²) >= 11 is 0. The van der Waals surface area contributed by atoms with E-state index in [4.69, 9.17) is 0 Å². The Morgan fingerprint density at radius 2 is 2.10 bits per heavy atom. The van der Waals surface area contributed by atoms with Gasteiger partial charge in [0.25, 0.3) is 11.6 Å². The molecule has 20 heavy (non-hydrogen) atoms. The van der Waals surface area contributed by atoms with Crippen LogP contribution >= 0.6 is 0 Å². The molecule has 1 aromatic carbocycles. The molecular weight excluding hydrogens is 256 g/mol. The van der Waals surface area contributed by atoms with Crippen molar-refractivity contribution in [2.75, 3.05) is 0 Å². The zero-order valence-electron chi connectivity index (χ0n) is 12.3. The molecule has 1 unspecified atom stereocenters. The number of nitrogens with one attached hydrogen (secondary N) is 1. The smallest absolute Gasteiger partial charge is 0.273 e. The average Bonchev–Trinajstić information content (AvgIpc) is 2.39. The highest BCUT2D eigenvalue weighted by Crippen LogP contribution is 2.19. The third kappa shape index (κ3) is 4.64. The standard InChI is InChI=1S/C15H22N2O3/c1-4-5-6-7-12(3)16-15(18)13-9-8-11(2)14(10-13)17(19)20/h8-10,12H,4-7H2,1-3H3,(H,16,18). The minimum Gasteiger partial charge on any atom is -0.350 e. The second-order valence-corrected chi connectivity index (χ2v) is 5.13. The molecule has 1 atom stereocenters. The van der Waals surface area contributed by atoms with Crippen LogP contribution in [0.3, 0.4) is 0 Å². The van der Waals surface area contributed by atoms with Gasteiger partial charge in [0.15, 0.2) is 0 Å². The molecule has 1 amide bonds. The number of benzene rings is 1. The minimum absolute atomic E-state index is 0.0173. The quantitative estimate of drug-likeness (QED) is 0.470. The van der Waals surface area contributed by atoms with Crippen LogP contribution in [0.25, 0.3) is 0 Å². The predicted molar refractivity (Wildman–Crippen MR) is 78.9 cm³/mol. The van der Waals surface area contributed by atoms with Gasteiger partial charge in [-0.05, 0) is 26.3 Å². The van der Waals surface area contributed by atoms with Crippen molar-refractivity contribution >= 4 is 11.6 Å². The molecule has 1 rings (SSSR count). The number of nitro benzene ring substituents is 1. The van der Waals surface area contributed by atoms with E-state index in [1.165, 1.54) is 6.07 Å². The molecule has 0 saturated heterocycles. The van der Waals surface area contributed by atoms with E-state index in [1.807, 2.05) is 6.92 Å². The number of nitro groups is 1. The van der Waals surface area contributed by atoms with Crippen molar-refractivity contribution in [3.63, 3.8) is 0 Å². The lowest BCUT2D eigenvalue weighted by molar-refractivity contribution is -0.385. The van der Waals surface area contributed by atoms with E-state index in [0.29, 0.717) is 11.1 Å². The van der Waals surface area contributed by atoms with E-state index in [1.54, 1.807) is 19.1 Å². The first-order valence-corrected chi connectivity index (χ1v) is 7.01. The number of carbonyl (C=O) groups is 1. The van der Waals surface area contributed by atoms with E-state index < -0.39 is 4.92 Å². The summed E-state index contributed by atoms with van der Waals surface area (Å²) in [6.07, 6.45) is 4.29. The van der Waals surface area contributed by atoms with Crippen molar-refractivity contribution in [2.24, 2.45) is 0 Å². The lowest BCUT2D eigenvalue weighted by atomic mass is 10.1. The fourth-order valence-electron chi connectivity index (χ4n) is 2.03. The summed E-state index contributed by atoms with van der Waals surface area (Å²) in [5, 5.41) is 13.7. The first-order chi connectivity index (χ1) is 9.45. The minimum atomic E-state index is -0.462. The molecule has 0 aliphatic carbocycles. The SMILES string of the molecule is CCCCCC(C)NC(=O)c1ccc(C)c([N+](=O)[O-])c1. The van der Waals surface area contributed by atoms with Crippen LogP contribution in [-0.4, -0.2) is 16.9 Å². The Labute approximate surface area is 119 Å². The van der Waals surface area contributed by atoms with E-state index in [2.05, 4.69) is 12.2 Å². The second-order valence-electron chi connectivity index (χ2n) is 5.13. The Hall–Kier alpha value is -1.91. The van der Waals surface area contributed by atoms with Crippen LogP contribution in [0.2, 0.25) is 0 Å². The monoisotopic (exact) mass is 278 g/mol. The summed E-state index contributed by atoms with van der Waals surface area (Å²) in [7, 11) is 0. The normalized spacial score (nSPS) is 11.9. The van der Waals surface area contributed by atoms with Crippen LogP contribution < -0.4 is 5.32 Å². The molecule has 0 bridgehead atoms. The van der Waals surface area contributed by atoms with Crippen molar-refractivity contribution in [3.05, 3.63) is 39.4 Å². The Balaban J connectivity index is 2.68. The maximum Gasteiger partial charge on any atom is 0.273 e. The van der Waals surface area contributed by atoms with Gasteiger partial charge in [-0.25, -0.2) is 0 Å². The van der Waals surface area contributed by atoms with Crippen LogP contribution in [0.15, 0.2) is 18.2 Å². The average molecular weight is 278 g/mol. The number of aryl methyl sites for hydroxylation is 1. The third-order valence-electron chi connectivity index (χ3n) is 3.29. The van der Waals surface area contributed by atoms with Crippen molar-refractivity contribution in [1.29, 1.82) is 0 Å². The van der Waals surface area contributed by atoms with Gasteiger partial charge in [-0.15, -0.1) is 0 Å². The highest BCUT2D eigenvalue weighted by atomic mass is 16.6. The number of hydrogen-bond acceptors (Lipinski definition) is 3. The molecule has 5 heteroatoms. The molecule has 0 heterocycles. The maximum absolute atomic E-state index is 12.0. The number of unbranched alkanes of at least 4 members (excludes halogenated alkanes) is 2. The summed E-state index contributed by atoms with van der Waals surface area (Å²) < 4.78 is 0. The molecule has 110 valence electrons. The van der Waals surface area contributed by atoms with Gasteiger partial charge in [0.1, 0.15) is 0 Å². The van der Waals surface area contributed by atoms with Crippen LogP contribution in [0.5, 0.6) is 0 Å². The summed E-state index contributed by atoms with van der Waals surface area (Å²) in [4.78, 5) is 22.4. The van der Waals surface area contributed by atoms with Crippen LogP contribution in [0, 0.1) is 17.0 Å². The molecule has 0 aliphatic heterocycles. The van der Waals surface area contributed by atoms with E-state index in [-0.39, 0.29) is 17.6 Å². The molecule has 1 aromatic rings. The number of hydrogen-bond donors (Lipinski definition) is 1. The van der Waals surface area contributed by atoms with E-state index in [9.17, 15) is 14.9 Å². The molecule has 1 N–H and O–H groups in total. The Morgan fingerprint density at radius 3 is 2.70 bits per heavy atom. The number of carbonyl (C=O) groups excluding carboxylic acids is 1. The Bertz CT molecular complexity index is 486. The zero-order valence-corrected chi connectivity index (χ0v) is 12.3. The van der Waals surface area contributed by atoms with Gasteiger partial charge in [-0.1, -0.05) is 32.3 Å². The summed E-state index contributed by atoms with van der Waals surface area (Å²) in [5.41, 5.74) is 0.878. The first-order valence-electron chi connectivity index (χ1n) is 7.01. The molecule has 0 spiro atoms. The van der Waals surface area contributed by atoms with Gasteiger partial charge >= 0.3 is 0 Å². The van der Waals surface area contributed by atoms with Gasteiger partial charge in [-0.3, -0.25) is 14.9 Å². The number of nitrogens with zero attached hydrogens (tertiary/aromatic N) is 1. The fraction of sp³-hybridized carbons (Fsp3) is 0.533. The molecule has 0 radical (unpaired) electrons. The van der Waals surface area contributed by atoms with Gasteiger partial charge in [0, 0.05) is 23.2 Å². The van der Waals surface area contributed by atoms with Gasteiger partial charge < -0.3 is 5.32 Å².